The third kappa shape index (κ3) is 5.66. The van der Waals surface area contributed by atoms with E-state index >= 15 is 0 Å². The summed E-state index contributed by atoms with van der Waals surface area (Å²) in [7, 11) is 4.91. The monoisotopic (exact) mass is 466 g/mol. The lowest BCUT2D eigenvalue weighted by molar-refractivity contribution is -0.138. The molecular formula is C28H38N2O4. The van der Waals surface area contributed by atoms with Crippen molar-refractivity contribution < 1.29 is 19.0 Å². The van der Waals surface area contributed by atoms with Crippen LogP contribution in [0.4, 0.5) is 0 Å². The molecule has 2 fully saturated rings. The van der Waals surface area contributed by atoms with Crippen LogP contribution in [-0.2, 0) is 17.8 Å². The first kappa shape index (κ1) is 24.4. The Morgan fingerprint density at radius 3 is 2.29 bits per heavy atom. The van der Waals surface area contributed by atoms with E-state index in [-0.39, 0.29) is 5.92 Å². The van der Waals surface area contributed by atoms with Crippen molar-refractivity contribution >= 4 is 5.91 Å². The van der Waals surface area contributed by atoms with Crippen molar-refractivity contribution in [3.63, 3.8) is 0 Å². The first-order chi connectivity index (χ1) is 16.6. The number of amides is 1. The predicted octanol–water partition coefficient (Wildman–Crippen LogP) is 4.41. The van der Waals surface area contributed by atoms with Gasteiger partial charge in [-0.15, -0.1) is 0 Å². The number of carbonyl (C=O) groups excluding carboxylic acids is 1. The van der Waals surface area contributed by atoms with Gasteiger partial charge >= 0.3 is 0 Å². The van der Waals surface area contributed by atoms with Crippen molar-refractivity contribution in [1.29, 1.82) is 0 Å². The van der Waals surface area contributed by atoms with E-state index in [0.29, 0.717) is 29.1 Å². The van der Waals surface area contributed by atoms with E-state index in [1.165, 1.54) is 5.56 Å². The molecule has 6 nitrogen and oxygen atoms in total. The number of nitrogens with zero attached hydrogens (tertiary/aromatic N) is 2. The number of ether oxygens (including phenoxy) is 3. The van der Waals surface area contributed by atoms with Gasteiger partial charge in [0.1, 0.15) is 0 Å². The van der Waals surface area contributed by atoms with E-state index in [4.69, 9.17) is 14.2 Å². The fourth-order valence-electron chi connectivity index (χ4n) is 5.49. The second kappa shape index (κ2) is 11.6. The van der Waals surface area contributed by atoms with Crippen molar-refractivity contribution in [3.8, 4) is 17.2 Å². The fourth-order valence-corrected chi connectivity index (χ4v) is 5.49. The number of carbonyl (C=O) groups is 1. The van der Waals surface area contributed by atoms with E-state index in [1.807, 2.05) is 12.1 Å². The van der Waals surface area contributed by atoms with Crippen LogP contribution >= 0.6 is 0 Å². The second-order valence-electron chi connectivity index (χ2n) is 9.53. The van der Waals surface area contributed by atoms with Gasteiger partial charge in [0.15, 0.2) is 11.5 Å². The molecule has 0 aliphatic carbocycles. The number of hydrogen-bond donors (Lipinski definition) is 0. The molecule has 0 spiro atoms. The molecule has 2 aliphatic heterocycles. The maximum Gasteiger partial charge on any atom is 0.226 e. The lowest BCUT2D eigenvalue weighted by Crippen LogP contribution is -2.47. The van der Waals surface area contributed by atoms with Crippen LogP contribution in [0.25, 0.3) is 0 Å². The van der Waals surface area contributed by atoms with Crippen molar-refractivity contribution in [2.45, 2.75) is 38.6 Å². The highest BCUT2D eigenvalue weighted by Gasteiger charge is 2.32. The van der Waals surface area contributed by atoms with Gasteiger partial charge in [-0.1, -0.05) is 36.4 Å². The largest absolute Gasteiger partial charge is 0.493 e. The van der Waals surface area contributed by atoms with Gasteiger partial charge in [0.2, 0.25) is 11.7 Å². The van der Waals surface area contributed by atoms with Crippen LogP contribution in [-0.4, -0.2) is 63.2 Å². The van der Waals surface area contributed by atoms with Crippen LogP contribution < -0.4 is 14.2 Å². The summed E-state index contributed by atoms with van der Waals surface area (Å²) in [4.78, 5) is 17.9. The van der Waals surface area contributed by atoms with E-state index < -0.39 is 0 Å². The zero-order chi connectivity index (χ0) is 23.9. The highest BCUT2D eigenvalue weighted by molar-refractivity contribution is 5.79. The minimum atomic E-state index is 0.0746. The SMILES string of the molecule is COc1ccc(CN2CCC[C@H](C(=O)N3CCC(Cc4ccccc4)CC3)C2)c(OC)c1OC. The summed E-state index contributed by atoms with van der Waals surface area (Å²) in [6.07, 6.45) is 5.33. The molecule has 2 aliphatic rings. The van der Waals surface area contributed by atoms with Crippen LogP contribution in [0.1, 0.15) is 36.8 Å². The summed E-state index contributed by atoms with van der Waals surface area (Å²) in [6, 6.07) is 14.7. The Morgan fingerprint density at radius 1 is 0.882 bits per heavy atom. The molecule has 0 saturated carbocycles. The molecule has 0 aromatic heterocycles. The lowest BCUT2D eigenvalue weighted by Gasteiger charge is -2.38. The molecule has 2 heterocycles. The van der Waals surface area contributed by atoms with Gasteiger partial charge in [-0.3, -0.25) is 9.69 Å². The van der Waals surface area contributed by atoms with Crippen molar-refractivity contribution in [3.05, 3.63) is 53.6 Å². The third-order valence-corrected chi connectivity index (χ3v) is 7.33. The summed E-state index contributed by atoms with van der Waals surface area (Å²) in [5, 5.41) is 0. The van der Waals surface area contributed by atoms with E-state index in [2.05, 4.69) is 40.1 Å². The van der Waals surface area contributed by atoms with Gasteiger partial charge in [0.05, 0.1) is 27.2 Å². The quantitative estimate of drug-likeness (QED) is 0.577. The van der Waals surface area contributed by atoms with E-state index in [0.717, 1.165) is 70.4 Å². The molecule has 0 unspecified atom stereocenters. The normalized spacial score (nSPS) is 19.6. The zero-order valence-electron chi connectivity index (χ0n) is 20.8. The van der Waals surface area contributed by atoms with Crippen LogP contribution in [0, 0.1) is 11.8 Å². The Labute approximate surface area is 203 Å². The molecule has 0 radical (unpaired) electrons. The van der Waals surface area contributed by atoms with Crippen molar-refractivity contribution in [1.82, 2.24) is 9.80 Å². The number of methoxy groups -OCH3 is 3. The summed E-state index contributed by atoms with van der Waals surface area (Å²) in [5.74, 6) is 3.06. The van der Waals surface area contributed by atoms with Crippen molar-refractivity contribution in [2.24, 2.45) is 11.8 Å². The minimum absolute atomic E-state index is 0.0746. The Bertz CT molecular complexity index is 941. The molecule has 2 aromatic carbocycles. The molecule has 4 rings (SSSR count). The third-order valence-electron chi connectivity index (χ3n) is 7.33. The van der Waals surface area contributed by atoms with Crippen LogP contribution in [0.2, 0.25) is 0 Å². The van der Waals surface area contributed by atoms with E-state index in [1.54, 1.807) is 21.3 Å². The maximum atomic E-state index is 13.4. The number of likely N-dealkylation sites (tertiary alicyclic amines) is 2. The maximum absolute atomic E-state index is 13.4. The first-order valence-electron chi connectivity index (χ1n) is 12.5. The van der Waals surface area contributed by atoms with Gasteiger partial charge in [-0.2, -0.15) is 0 Å². The summed E-state index contributed by atoms with van der Waals surface area (Å²) >= 11 is 0. The van der Waals surface area contributed by atoms with Gasteiger partial charge in [-0.25, -0.2) is 0 Å². The summed E-state index contributed by atoms with van der Waals surface area (Å²) in [6.45, 7) is 4.28. The highest BCUT2D eigenvalue weighted by Crippen LogP contribution is 2.40. The van der Waals surface area contributed by atoms with E-state index in [9.17, 15) is 4.79 Å². The Hall–Kier alpha value is -2.73. The molecule has 184 valence electrons. The molecule has 6 heteroatoms. The van der Waals surface area contributed by atoms with Crippen molar-refractivity contribution in [2.75, 3.05) is 47.5 Å². The fraction of sp³-hybridized carbons (Fsp3) is 0.536. The Balaban J connectivity index is 1.33. The van der Waals surface area contributed by atoms with Crippen LogP contribution in [0.3, 0.4) is 0 Å². The first-order valence-corrected chi connectivity index (χ1v) is 12.5. The predicted molar refractivity (Wildman–Crippen MR) is 134 cm³/mol. The highest BCUT2D eigenvalue weighted by atomic mass is 16.5. The number of benzene rings is 2. The average Bonchev–Trinajstić information content (AvgIpc) is 2.89. The molecule has 0 N–H and O–H groups in total. The summed E-state index contributed by atoms with van der Waals surface area (Å²) < 4.78 is 16.6. The topological polar surface area (TPSA) is 51.2 Å². The minimum Gasteiger partial charge on any atom is -0.493 e. The van der Waals surface area contributed by atoms with Crippen LogP contribution in [0.5, 0.6) is 17.2 Å². The van der Waals surface area contributed by atoms with Gasteiger partial charge in [0, 0.05) is 31.7 Å². The summed E-state index contributed by atoms with van der Waals surface area (Å²) in [5.41, 5.74) is 2.45. The zero-order valence-corrected chi connectivity index (χ0v) is 20.8. The van der Waals surface area contributed by atoms with Crippen LogP contribution in [0.15, 0.2) is 42.5 Å². The molecule has 34 heavy (non-hydrogen) atoms. The molecule has 2 aromatic rings. The molecular weight excluding hydrogens is 428 g/mol. The number of rotatable bonds is 8. The molecule has 2 saturated heterocycles. The average molecular weight is 467 g/mol. The lowest BCUT2D eigenvalue weighted by atomic mass is 9.89. The smallest absolute Gasteiger partial charge is 0.226 e. The number of piperidine rings is 2. The molecule has 1 atom stereocenters. The van der Waals surface area contributed by atoms with Gasteiger partial charge in [-0.05, 0) is 56.2 Å². The van der Waals surface area contributed by atoms with Gasteiger partial charge < -0.3 is 19.1 Å². The molecule has 1 amide bonds. The Morgan fingerprint density at radius 2 is 1.62 bits per heavy atom. The number of hydrogen-bond acceptors (Lipinski definition) is 5. The van der Waals surface area contributed by atoms with Gasteiger partial charge in [0.25, 0.3) is 0 Å². The molecule has 0 bridgehead atoms. The second-order valence-corrected chi connectivity index (χ2v) is 9.53. The standard InChI is InChI=1S/C28H38N2O4/c1-32-25-12-11-23(26(33-2)27(25)34-3)19-29-15-7-10-24(20-29)28(31)30-16-13-22(14-17-30)18-21-8-5-4-6-9-21/h4-6,8-9,11-12,22,24H,7,10,13-20H2,1-3H3/t24-/m0/s1. The Kier molecular flexibility index (Phi) is 8.33.